The van der Waals surface area contributed by atoms with Gasteiger partial charge in [-0.15, -0.1) is 11.8 Å². The van der Waals surface area contributed by atoms with Gasteiger partial charge in [-0.2, -0.15) is 0 Å². The van der Waals surface area contributed by atoms with Crippen molar-refractivity contribution in [3.05, 3.63) is 30.3 Å². The monoisotopic (exact) mass is 362 g/mol. The topological polar surface area (TPSA) is 56.7 Å². The minimum absolute atomic E-state index is 0.0105. The smallest absolute Gasteiger partial charge is 0.243 e. The largest absolute Gasteiger partial charge is 0.356 e. The number of guanidine groups is 1. The molecule has 0 saturated heterocycles. The summed E-state index contributed by atoms with van der Waals surface area (Å²) in [6, 6.07) is 10.5. The fourth-order valence-corrected chi connectivity index (χ4v) is 3.53. The van der Waals surface area contributed by atoms with Crippen molar-refractivity contribution in [3.8, 4) is 0 Å². The predicted octanol–water partition coefficient (Wildman–Crippen LogP) is 2.73. The average molecular weight is 363 g/mol. The number of rotatable bonds is 9. The first kappa shape index (κ1) is 19.6. The zero-order valence-corrected chi connectivity index (χ0v) is 16.4. The van der Waals surface area contributed by atoms with Crippen molar-refractivity contribution in [2.24, 2.45) is 4.99 Å². The van der Waals surface area contributed by atoms with Crippen LogP contribution in [-0.2, 0) is 4.79 Å². The Morgan fingerprint density at radius 1 is 1.24 bits per heavy atom. The molecule has 138 valence electrons. The maximum Gasteiger partial charge on any atom is 0.243 e. The summed E-state index contributed by atoms with van der Waals surface area (Å²) in [6.07, 6.45) is 4.63. The number of thioether (sulfide) groups is 1. The lowest BCUT2D eigenvalue weighted by Gasteiger charge is -2.19. The Bertz CT molecular complexity index is 570. The number of nitrogens with zero attached hydrogens (tertiary/aromatic N) is 2. The van der Waals surface area contributed by atoms with E-state index < -0.39 is 0 Å². The number of carbonyl (C=O) groups excluding carboxylic acids is 1. The minimum atomic E-state index is 0.0105. The number of likely N-dealkylation sites (N-methyl/N-ethyl adjacent to an activating group) is 1. The third-order valence-electron chi connectivity index (χ3n) is 4.16. The second-order valence-electron chi connectivity index (χ2n) is 6.69. The van der Waals surface area contributed by atoms with Gasteiger partial charge in [-0.1, -0.05) is 31.5 Å². The third kappa shape index (κ3) is 6.98. The lowest BCUT2D eigenvalue weighted by molar-refractivity contribution is -0.127. The molecule has 0 unspecified atom stereocenters. The van der Waals surface area contributed by atoms with Crippen LogP contribution in [0, 0.1) is 0 Å². The van der Waals surface area contributed by atoms with E-state index in [4.69, 9.17) is 0 Å². The van der Waals surface area contributed by atoms with E-state index in [0.29, 0.717) is 0 Å². The van der Waals surface area contributed by atoms with Gasteiger partial charge < -0.3 is 15.5 Å². The van der Waals surface area contributed by atoms with Gasteiger partial charge in [0.05, 0.1) is 0 Å². The standard InChI is InChI=1S/C19H30N4OS/c1-4-5-13-20-18(21-14-17(24)23(2)3)22-15-19(11-12-19)25-16-9-7-6-8-10-16/h6-10H,4-5,11-15H2,1-3H3,(H2,20,21,22). The molecule has 0 radical (unpaired) electrons. The molecule has 1 aromatic rings. The van der Waals surface area contributed by atoms with Gasteiger partial charge in [0.2, 0.25) is 5.91 Å². The van der Waals surface area contributed by atoms with Crippen molar-refractivity contribution in [2.75, 3.05) is 33.7 Å². The van der Waals surface area contributed by atoms with E-state index in [9.17, 15) is 4.79 Å². The Labute approximate surface area is 155 Å². The van der Waals surface area contributed by atoms with Crippen LogP contribution in [0.5, 0.6) is 0 Å². The number of nitrogens with one attached hydrogen (secondary N) is 2. The lowest BCUT2D eigenvalue weighted by atomic mass is 10.3. The van der Waals surface area contributed by atoms with Crippen molar-refractivity contribution in [1.82, 2.24) is 15.5 Å². The van der Waals surface area contributed by atoms with Crippen LogP contribution in [0.3, 0.4) is 0 Å². The lowest BCUT2D eigenvalue weighted by Crippen LogP contribution is -2.42. The quantitative estimate of drug-likeness (QED) is 0.403. The molecule has 5 nitrogen and oxygen atoms in total. The number of hydrogen-bond donors (Lipinski definition) is 2. The van der Waals surface area contributed by atoms with Gasteiger partial charge in [0.1, 0.15) is 6.54 Å². The molecule has 1 aliphatic rings. The highest BCUT2D eigenvalue weighted by Crippen LogP contribution is 2.51. The molecule has 0 aromatic heterocycles. The molecule has 0 spiro atoms. The van der Waals surface area contributed by atoms with Crippen LogP contribution in [0.15, 0.2) is 40.2 Å². The van der Waals surface area contributed by atoms with Crippen LogP contribution in [0.2, 0.25) is 0 Å². The van der Waals surface area contributed by atoms with Crippen LogP contribution < -0.4 is 10.6 Å². The fraction of sp³-hybridized carbons (Fsp3) is 0.579. The Morgan fingerprint density at radius 2 is 1.96 bits per heavy atom. The first-order valence-corrected chi connectivity index (χ1v) is 9.83. The average Bonchev–Trinajstić information content (AvgIpc) is 3.37. The zero-order chi connectivity index (χ0) is 18.1. The first-order valence-electron chi connectivity index (χ1n) is 9.01. The van der Waals surface area contributed by atoms with Gasteiger partial charge in [0.25, 0.3) is 0 Å². The van der Waals surface area contributed by atoms with Crippen LogP contribution in [0.4, 0.5) is 0 Å². The fourth-order valence-electron chi connectivity index (χ4n) is 2.28. The molecule has 2 N–H and O–H groups in total. The maximum atomic E-state index is 11.8. The normalized spacial score (nSPS) is 15.6. The predicted molar refractivity (Wildman–Crippen MR) is 106 cm³/mol. The van der Waals surface area contributed by atoms with Crippen molar-refractivity contribution in [2.45, 2.75) is 42.2 Å². The Balaban J connectivity index is 1.89. The number of hydrogen-bond acceptors (Lipinski definition) is 3. The first-order chi connectivity index (χ1) is 12.0. The Kier molecular flexibility index (Phi) is 7.62. The molecule has 6 heteroatoms. The SMILES string of the molecule is CCCCNC(=NCC(=O)N(C)C)NCC1(Sc2ccccc2)CC1. The molecule has 0 aliphatic heterocycles. The Hall–Kier alpha value is -1.69. The molecule has 0 atom stereocenters. The van der Waals surface area contributed by atoms with Crippen molar-refractivity contribution in [1.29, 1.82) is 0 Å². The second-order valence-corrected chi connectivity index (χ2v) is 8.23. The molecule has 1 aromatic carbocycles. The van der Waals surface area contributed by atoms with Gasteiger partial charge in [-0.3, -0.25) is 4.79 Å². The van der Waals surface area contributed by atoms with E-state index in [2.05, 4.69) is 46.8 Å². The Morgan fingerprint density at radius 3 is 2.56 bits per heavy atom. The summed E-state index contributed by atoms with van der Waals surface area (Å²) < 4.78 is 0.250. The highest BCUT2D eigenvalue weighted by atomic mass is 32.2. The van der Waals surface area contributed by atoms with Crippen LogP contribution in [0.1, 0.15) is 32.6 Å². The second kappa shape index (κ2) is 9.70. The van der Waals surface area contributed by atoms with Gasteiger partial charge in [0.15, 0.2) is 5.96 Å². The van der Waals surface area contributed by atoms with Crippen molar-refractivity contribution in [3.63, 3.8) is 0 Å². The molecule has 2 rings (SSSR count). The summed E-state index contributed by atoms with van der Waals surface area (Å²) in [5, 5.41) is 6.78. The van der Waals surface area contributed by atoms with E-state index in [-0.39, 0.29) is 17.2 Å². The van der Waals surface area contributed by atoms with E-state index in [1.54, 1.807) is 19.0 Å². The molecule has 25 heavy (non-hydrogen) atoms. The van der Waals surface area contributed by atoms with Crippen LogP contribution >= 0.6 is 11.8 Å². The number of carbonyl (C=O) groups is 1. The molecular weight excluding hydrogens is 332 g/mol. The van der Waals surface area contributed by atoms with Gasteiger partial charge in [-0.05, 0) is 31.4 Å². The molecule has 0 bridgehead atoms. The number of benzene rings is 1. The molecule has 0 heterocycles. The molecule has 1 amide bonds. The van der Waals surface area contributed by atoms with E-state index in [1.807, 2.05) is 17.8 Å². The van der Waals surface area contributed by atoms with E-state index in [0.717, 1.165) is 31.9 Å². The number of unbranched alkanes of at least 4 members (excludes halogenated alkanes) is 1. The molecular formula is C19H30N4OS. The molecule has 1 aliphatic carbocycles. The van der Waals surface area contributed by atoms with Crippen LogP contribution in [-0.4, -0.2) is 55.2 Å². The van der Waals surface area contributed by atoms with Gasteiger partial charge in [-0.25, -0.2) is 4.99 Å². The zero-order valence-electron chi connectivity index (χ0n) is 15.5. The minimum Gasteiger partial charge on any atom is -0.356 e. The third-order valence-corrected chi connectivity index (χ3v) is 5.65. The summed E-state index contributed by atoms with van der Waals surface area (Å²) in [6.45, 7) is 4.07. The van der Waals surface area contributed by atoms with Crippen LogP contribution in [0.25, 0.3) is 0 Å². The van der Waals surface area contributed by atoms with Crippen molar-refractivity contribution < 1.29 is 4.79 Å². The maximum absolute atomic E-state index is 11.8. The summed E-state index contributed by atoms with van der Waals surface area (Å²) in [5.74, 6) is 0.750. The summed E-state index contributed by atoms with van der Waals surface area (Å²) in [5.41, 5.74) is 0. The summed E-state index contributed by atoms with van der Waals surface area (Å²) in [4.78, 5) is 19.1. The molecule has 1 fully saturated rings. The van der Waals surface area contributed by atoms with Gasteiger partial charge >= 0.3 is 0 Å². The van der Waals surface area contributed by atoms with Crippen molar-refractivity contribution >= 4 is 23.6 Å². The highest BCUT2D eigenvalue weighted by molar-refractivity contribution is 8.01. The number of aliphatic imine (C=N–C) groups is 1. The van der Waals surface area contributed by atoms with Gasteiger partial charge in [0, 0.05) is 36.8 Å². The number of amides is 1. The molecule has 1 saturated carbocycles. The van der Waals surface area contributed by atoms with E-state index >= 15 is 0 Å². The van der Waals surface area contributed by atoms with E-state index in [1.165, 1.54) is 17.7 Å². The summed E-state index contributed by atoms with van der Waals surface area (Å²) >= 11 is 1.94. The highest BCUT2D eigenvalue weighted by Gasteiger charge is 2.43. The summed E-state index contributed by atoms with van der Waals surface area (Å²) in [7, 11) is 3.51.